The molecule has 1 aromatic carbocycles. The molecule has 1 heterocycles. The van der Waals surface area contributed by atoms with Crippen LogP contribution in [0.15, 0.2) is 29.4 Å². The van der Waals surface area contributed by atoms with Gasteiger partial charge >= 0.3 is 0 Å². The van der Waals surface area contributed by atoms with E-state index in [1.165, 1.54) is 22.5 Å². The summed E-state index contributed by atoms with van der Waals surface area (Å²) in [5, 5.41) is 20.2. The van der Waals surface area contributed by atoms with E-state index in [1.807, 2.05) is 0 Å². The molecule has 8 heteroatoms. The van der Waals surface area contributed by atoms with Crippen molar-refractivity contribution >= 4 is 23.4 Å². The number of nitrogens with one attached hydrogen (secondary N) is 1. The van der Waals surface area contributed by atoms with Gasteiger partial charge < -0.3 is 16.3 Å². The lowest BCUT2D eigenvalue weighted by Gasteiger charge is -2.06. The third-order valence-electron chi connectivity index (χ3n) is 2.35. The minimum Gasteiger partial charge on any atom is -0.506 e. The highest BCUT2D eigenvalue weighted by molar-refractivity contribution is 7.99. The fourth-order valence-electron chi connectivity index (χ4n) is 1.34. The monoisotopic (exact) mass is 279 g/mol. The predicted molar refractivity (Wildman–Crippen MR) is 72.4 cm³/mol. The number of carbonyl (C=O) groups is 1. The second-order valence-corrected chi connectivity index (χ2v) is 4.70. The Hall–Kier alpha value is -2.22. The van der Waals surface area contributed by atoms with E-state index < -0.39 is 0 Å². The number of para-hydroxylation sites is 2. The third-order valence-corrected chi connectivity index (χ3v) is 3.29. The van der Waals surface area contributed by atoms with Gasteiger partial charge in [-0.3, -0.25) is 4.79 Å². The fourth-order valence-corrected chi connectivity index (χ4v) is 2.05. The summed E-state index contributed by atoms with van der Waals surface area (Å²) in [7, 11) is 0. The number of aryl methyl sites for hydroxylation is 1. The zero-order chi connectivity index (χ0) is 13.8. The van der Waals surface area contributed by atoms with Gasteiger partial charge in [0, 0.05) is 0 Å². The van der Waals surface area contributed by atoms with Gasteiger partial charge in [0.2, 0.25) is 11.1 Å². The zero-order valence-electron chi connectivity index (χ0n) is 10.2. The number of aromatic hydroxyl groups is 1. The summed E-state index contributed by atoms with van der Waals surface area (Å²) in [5.74, 6) is 6.14. The molecule has 0 spiro atoms. The summed E-state index contributed by atoms with van der Waals surface area (Å²) in [4.78, 5) is 11.7. The number of nitrogens with zero attached hydrogens (tertiary/aromatic N) is 3. The van der Waals surface area contributed by atoms with Crippen LogP contribution in [0.25, 0.3) is 0 Å². The van der Waals surface area contributed by atoms with E-state index in [9.17, 15) is 9.90 Å². The molecule has 1 amide bonds. The molecule has 4 N–H and O–H groups in total. The highest BCUT2D eigenvalue weighted by Gasteiger charge is 2.10. The Kier molecular flexibility index (Phi) is 3.91. The van der Waals surface area contributed by atoms with E-state index in [4.69, 9.17) is 5.84 Å². The van der Waals surface area contributed by atoms with Crippen LogP contribution in [-0.4, -0.2) is 31.6 Å². The molecule has 2 rings (SSSR count). The molecular weight excluding hydrogens is 266 g/mol. The molecule has 0 aliphatic heterocycles. The third kappa shape index (κ3) is 3.16. The summed E-state index contributed by atoms with van der Waals surface area (Å²) in [6, 6.07) is 6.53. The molecule has 19 heavy (non-hydrogen) atoms. The summed E-state index contributed by atoms with van der Waals surface area (Å²) in [6.45, 7) is 1.72. The van der Waals surface area contributed by atoms with Crippen molar-refractivity contribution in [2.75, 3.05) is 16.9 Å². The van der Waals surface area contributed by atoms with Crippen LogP contribution in [0, 0.1) is 6.92 Å². The van der Waals surface area contributed by atoms with Gasteiger partial charge in [-0.1, -0.05) is 23.9 Å². The molecule has 1 aromatic heterocycles. The number of thioether (sulfide) groups is 1. The Bertz CT molecular complexity index is 599. The van der Waals surface area contributed by atoms with E-state index in [2.05, 4.69) is 15.5 Å². The van der Waals surface area contributed by atoms with E-state index in [0.29, 0.717) is 16.7 Å². The smallest absolute Gasteiger partial charge is 0.234 e. The van der Waals surface area contributed by atoms with E-state index in [0.717, 1.165) is 0 Å². The highest BCUT2D eigenvalue weighted by atomic mass is 32.2. The molecule has 0 unspecified atom stereocenters. The molecule has 0 atom stereocenters. The van der Waals surface area contributed by atoms with Crippen LogP contribution in [0.2, 0.25) is 0 Å². The molecular formula is C11H13N5O2S. The lowest BCUT2D eigenvalue weighted by molar-refractivity contribution is -0.113. The average molecular weight is 279 g/mol. The SMILES string of the molecule is Cc1nnc(SCC(=O)Nc2ccccc2O)n1N. The second-order valence-electron chi connectivity index (χ2n) is 3.75. The van der Waals surface area contributed by atoms with Gasteiger partial charge in [-0.05, 0) is 19.1 Å². The number of benzene rings is 1. The van der Waals surface area contributed by atoms with Crippen molar-refractivity contribution in [2.45, 2.75) is 12.1 Å². The van der Waals surface area contributed by atoms with Crippen molar-refractivity contribution in [3.05, 3.63) is 30.1 Å². The van der Waals surface area contributed by atoms with E-state index in [1.54, 1.807) is 25.1 Å². The fraction of sp³-hybridized carbons (Fsp3) is 0.182. The summed E-state index contributed by atoms with van der Waals surface area (Å²) in [5.41, 5.74) is 0.374. The number of rotatable bonds is 4. The molecule has 0 radical (unpaired) electrons. The van der Waals surface area contributed by atoms with Crippen LogP contribution in [0.1, 0.15) is 5.82 Å². The normalized spacial score (nSPS) is 10.4. The van der Waals surface area contributed by atoms with E-state index >= 15 is 0 Å². The number of phenolic OH excluding ortho intramolecular Hbond substituents is 1. The maximum Gasteiger partial charge on any atom is 0.234 e. The molecule has 0 saturated carbocycles. The Balaban J connectivity index is 1.92. The molecule has 100 valence electrons. The van der Waals surface area contributed by atoms with Gasteiger partial charge in [-0.2, -0.15) is 0 Å². The number of carbonyl (C=O) groups excluding carboxylic acids is 1. The minimum absolute atomic E-state index is 0.0266. The molecule has 2 aromatic rings. The number of phenols is 1. The van der Waals surface area contributed by atoms with Gasteiger partial charge in [0.15, 0.2) is 0 Å². The first-order chi connectivity index (χ1) is 9.08. The number of hydrogen-bond donors (Lipinski definition) is 3. The summed E-state index contributed by atoms with van der Waals surface area (Å²) in [6.07, 6.45) is 0. The Labute approximate surface area is 113 Å². The predicted octanol–water partition coefficient (Wildman–Crippen LogP) is 0.737. The quantitative estimate of drug-likeness (QED) is 0.433. The average Bonchev–Trinajstić information content (AvgIpc) is 2.70. The van der Waals surface area contributed by atoms with Crippen molar-refractivity contribution in [3.8, 4) is 5.75 Å². The van der Waals surface area contributed by atoms with Crippen LogP contribution >= 0.6 is 11.8 Å². The zero-order valence-corrected chi connectivity index (χ0v) is 11.0. The summed E-state index contributed by atoms with van der Waals surface area (Å²) < 4.78 is 1.32. The van der Waals surface area contributed by atoms with Crippen molar-refractivity contribution in [1.82, 2.24) is 14.9 Å². The minimum atomic E-state index is -0.257. The first-order valence-corrected chi connectivity index (χ1v) is 6.44. The largest absolute Gasteiger partial charge is 0.506 e. The van der Waals surface area contributed by atoms with Gasteiger partial charge in [0.05, 0.1) is 11.4 Å². The van der Waals surface area contributed by atoms with Crippen molar-refractivity contribution in [2.24, 2.45) is 0 Å². The Morgan fingerprint density at radius 1 is 1.47 bits per heavy atom. The van der Waals surface area contributed by atoms with Crippen molar-refractivity contribution < 1.29 is 9.90 Å². The molecule has 0 fully saturated rings. The van der Waals surface area contributed by atoms with Crippen molar-refractivity contribution in [1.29, 1.82) is 0 Å². The topological polar surface area (TPSA) is 106 Å². The second kappa shape index (κ2) is 5.61. The number of aromatic nitrogens is 3. The maximum atomic E-state index is 11.7. The number of hydrogen-bond acceptors (Lipinski definition) is 6. The number of amides is 1. The standard InChI is InChI=1S/C11H13N5O2S/c1-7-14-15-11(16(7)12)19-6-10(18)13-8-4-2-3-5-9(8)17/h2-5,17H,6,12H2,1H3,(H,13,18). The Morgan fingerprint density at radius 3 is 2.84 bits per heavy atom. The van der Waals surface area contributed by atoms with Gasteiger partial charge in [0.1, 0.15) is 11.6 Å². The van der Waals surface area contributed by atoms with E-state index in [-0.39, 0.29) is 17.4 Å². The van der Waals surface area contributed by atoms with Crippen molar-refractivity contribution in [3.63, 3.8) is 0 Å². The van der Waals surface area contributed by atoms with Gasteiger partial charge in [0.25, 0.3) is 0 Å². The van der Waals surface area contributed by atoms with Crippen LogP contribution in [0.3, 0.4) is 0 Å². The molecule has 0 bridgehead atoms. The highest BCUT2D eigenvalue weighted by Crippen LogP contribution is 2.22. The van der Waals surface area contributed by atoms with Crippen LogP contribution in [0.4, 0.5) is 5.69 Å². The maximum absolute atomic E-state index is 11.7. The van der Waals surface area contributed by atoms with Gasteiger partial charge in [-0.15, -0.1) is 10.2 Å². The number of nitrogen functional groups attached to an aromatic ring is 1. The molecule has 0 aliphatic rings. The van der Waals surface area contributed by atoms with Gasteiger partial charge in [-0.25, -0.2) is 4.68 Å². The first-order valence-electron chi connectivity index (χ1n) is 5.45. The van der Waals surface area contributed by atoms with Crippen LogP contribution in [-0.2, 0) is 4.79 Å². The Morgan fingerprint density at radius 2 is 2.21 bits per heavy atom. The van der Waals surface area contributed by atoms with Crippen LogP contribution in [0.5, 0.6) is 5.75 Å². The molecule has 0 saturated heterocycles. The number of nitrogens with two attached hydrogens (primary N) is 1. The lowest BCUT2D eigenvalue weighted by Crippen LogP contribution is -2.16. The lowest BCUT2D eigenvalue weighted by atomic mass is 10.3. The summed E-state index contributed by atoms with van der Waals surface area (Å²) >= 11 is 1.17. The molecule has 7 nitrogen and oxygen atoms in total. The first kappa shape index (κ1) is 13.2. The number of anilines is 1. The molecule has 0 aliphatic carbocycles. The van der Waals surface area contributed by atoms with Crippen LogP contribution < -0.4 is 11.2 Å².